The van der Waals surface area contributed by atoms with Crippen molar-refractivity contribution >= 4 is 0 Å². The van der Waals surface area contributed by atoms with Crippen LogP contribution in [0.3, 0.4) is 0 Å². The first-order valence-electron chi connectivity index (χ1n) is 5.93. The molecule has 0 fully saturated rings. The number of hydrogen-bond donors (Lipinski definition) is 1. The Labute approximate surface area is 89.4 Å². The number of methoxy groups -OCH3 is 1. The Bertz CT molecular complexity index is 109. The van der Waals surface area contributed by atoms with Crippen molar-refractivity contribution < 1.29 is 4.74 Å². The maximum Gasteiger partial charge on any atom is 0.0615 e. The molecule has 0 heterocycles. The van der Waals surface area contributed by atoms with Gasteiger partial charge in [0.25, 0.3) is 0 Å². The van der Waals surface area contributed by atoms with Gasteiger partial charge in [-0.15, -0.1) is 0 Å². The van der Waals surface area contributed by atoms with Crippen LogP contribution in [0.1, 0.15) is 46.5 Å². The zero-order valence-corrected chi connectivity index (χ0v) is 10.3. The predicted octanol–water partition coefficient (Wildman–Crippen LogP) is 2.83. The van der Waals surface area contributed by atoms with Crippen molar-refractivity contribution in [3.05, 3.63) is 0 Å². The molecule has 2 heteroatoms. The second-order valence-corrected chi connectivity index (χ2v) is 4.39. The smallest absolute Gasteiger partial charge is 0.0615 e. The molecule has 0 spiro atoms. The summed E-state index contributed by atoms with van der Waals surface area (Å²) in [6, 6.07) is 0.553. The van der Waals surface area contributed by atoms with Gasteiger partial charge in [-0.05, 0) is 18.9 Å². The van der Waals surface area contributed by atoms with Gasteiger partial charge in [0.15, 0.2) is 0 Å². The molecule has 0 aromatic carbocycles. The Hall–Kier alpha value is -0.0800. The molecule has 0 saturated carbocycles. The second kappa shape index (κ2) is 9.47. The first kappa shape index (κ1) is 13.9. The van der Waals surface area contributed by atoms with Gasteiger partial charge in [0.1, 0.15) is 0 Å². The fraction of sp³-hybridized carbons (Fsp3) is 1.00. The molecule has 0 radical (unpaired) electrons. The fourth-order valence-electron chi connectivity index (χ4n) is 1.68. The van der Waals surface area contributed by atoms with Gasteiger partial charge in [0.05, 0.1) is 6.61 Å². The third-order valence-electron chi connectivity index (χ3n) is 2.44. The first-order valence-corrected chi connectivity index (χ1v) is 5.93. The molecule has 0 bridgehead atoms. The summed E-state index contributed by atoms with van der Waals surface area (Å²) in [6.45, 7) is 8.61. The third kappa shape index (κ3) is 8.52. The summed E-state index contributed by atoms with van der Waals surface area (Å²) in [7, 11) is 1.78. The lowest BCUT2D eigenvalue weighted by Gasteiger charge is -2.16. The number of nitrogens with one attached hydrogen (secondary N) is 1. The Morgan fingerprint density at radius 1 is 1.14 bits per heavy atom. The van der Waals surface area contributed by atoms with Crippen LogP contribution in [0.4, 0.5) is 0 Å². The lowest BCUT2D eigenvalue weighted by Crippen LogP contribution is -2.32. The zero-order chi connectivity index (χ0) is 10.8. The summed E-state index contributed by atoms with van der Waals surface area (Å²) >= 11 is 0. The number of rotatable bonds is 9. The van der Waals surface area contributed by atoms with Crippen LogP contribution in [0.15, 0.2) is 0 Å². The molecule has 1 N–H and O–H groups in total. The monoisotopic (exact) mass is 201 g/mol. The summed E-state index contributed by atoms with van der Waals surface area (Å²) < 4.78 is 5.17. The van der Waals surface area contributed by atoms with Crippen molar-refractivity contribution in [2.45, 2.75) is 52.5 Å². The molecule has 0 aliphatic carbocycles. The van der Waals surface area contributed by atoms with Gasteiger partial charge in [-0.25, -0.2) is 0 Å². The van der Waals surface area contributed by atoms with Crippen LogP contribution >= 0.6 is 0 Å². The highest BCUT2D eigenvalue weighted by molar-refractivity contribution is 4.65. The molecule has 0 aliphatic rings. The van der Waals surface area contributed by atoms with Crippen molar-refractivity contribution in [1.82, 2.24) is 5.32 Å². The maximum atomic E-state index is 5.17. The Balaban J connectivity index is 3.40. The van der Waals surface area contributed by atoms with E-state index < -0.39 is 0 Å². The van der Waals surface area contributed by atoms with Crippen LogP contribution in [0, 0.1) is 5.92 Å². The molecule has 1 unspecified atom stereocenters. The van der Waals surface area contributed by atoms with Crippen LogP contribution in [0.5, 0.6) is 0 Å². The summed E-state index contributed by atoms with van der Waals surface area (Å²) in [5, 5.41) is 3.45. The van der Waals surface area contributed by atoms with E-state index in [9.17, 15) is 0 Å². The molecule has 0 aliphatic heterocycles. The van der Waals surface area contributed by atoms with Crippen LogP contribution in [-0.4, -0.2) is 26.3 Å². The molecule has 86 valence electrons. The minimum absolute atomic E-state index is 0.553. The zero-order valence-electron chi connectivity index (χ0n) is 10.3. The molecular weight excluding hydrogens is 174 g/mol. The molecule has 0 saturated heterocycles. The number of hydrogen-bond acceptors (Lipinski definition) is 2. The summed E-state index contributed by atoms with van der Waals surface area (Å²) in [6.07, 6.45) is 5.27. The molecular formula is C12H27NO. The van der Waals surface area contributed by atoms with E-state index in [1.165, 1.54) is 25.7 Å². The van der Waals surface area contributed by atoms with Gasteiger partial charge in [-0.3, -0.25) is 0 Å². The highest BCUT2D eigenvalue weighted by atomic mass is 16.5. The van der Waals surface area contributed by atoms with Crippen molar-refractivity contribution in [2.75, 3.05) is 20.3 Å². The van der Waals surface area contributed by atoms with Crippen LogP contribution in [0.2, 0.25) is 0 Å². The van der Waals surface area contributed by atoms with E-state index in [1.54, 1.807) is 7.11 Å². The topological polar surface area (TPSA) is 21.3 Å². The molecule has 2 nitrogen and oxygen atoms in total. The van der Waals surface area contributed by atoms with Crippen LogP contribution < -0.4 is 5.32 Å². The minimum atomic E-state index is 0.553. The van der Waals surface area contributed by atoms with Gasteiger partial charge in [-0.1, -0.05) is 40.0 Å². The summed E-state index contributed by atoms with van der Waals surface area (Å²) in [5.41, 5.74) is 0. The van der Waals surface area contributed by atoms with E-state index in [2.05, 4.69) is 26.1 Å². The van der Waals surface area contributed by atoms with Crippen molar-refractivity contribution in [3.63, 3.8) is 0 Å². The van der Waals surface area contributed by atoms with Gasteiger partial charge in [0, 0.05) is 13.2 Å². The van der Waals surface area contributed by atoms with E-state index in [4.69, 9.17) is 4.74 Å². The van der Waals surface area contributed by atoms with Gasteiger partial charge in [0.2, 0.25) is 0 Å². The van der Waals surface area contributed by atoms with Gasteiger partial charge in [-0.2, -0.15) is 0 Å². The largest absolute Gasteiger partial charge is 0.383 e. The Kier molecular flexibility index (Phi) is 9.42. The third-order valence-corrected chi connectivity index (χ3v) is 2.44. The first-order chi connectivity index (χ1) is 6.70. The van der Waals surface area contributed by atoms with Crippen molar-refractivity contribution in [1.29, 1.82) is 0 Å². The highest BCUT2D eigenvalue weighted by Crippen LogP contribution is 2.09. The molecule has 0 aromatic heterocycles. The maximum absolute atomic E-state index is 5.17. The van der Waals surface area contributed by atoms with Gasteiger partial charge >= 0.3 is 0 Å². The van der Waals surface area contributed by atoms with Crippen molar-refractivity contribution in [3.8, 4) is 0 Å². The minimum Gasteiger partial charge on any atom is -0.383 e. The molecule has 0 rings (SSSR count). The van der Waals surface area contributed by atoms with Crippen LogP contribution in [-0.2, 0) is 4.74 Å². The van der Waals surface area contributed by atoms with E-state index >= 15 is 0 Å². The SMILES string of the molecule is CCNC(CCCCC(C)C)COC. The normalized spacial score (nSPS) is 13.5. The Morgan fingerprint density at radius 2 is 1.79 bits per heavy atom. The van der Waals surface area contributed by atoms with Crippen LogP contribution in [0.25, 0.3) is 0 Å². The standard InChI is InChI=1S/C12H27NO/c1-5-13-12(10-14-4)9-7-6-8-11(2)3/h11-13H,5-10H2,1-4H3. The lowest BCUT2D eigenvalue weighted by atomic mass is 10.0. The quantitative estimate of drug-likeness (QED) is 0.579. The van der Waals surface area contributed by atoms with E-state index in [0.717, 1.165) is 19.1 Å². The summed E-state index contributed by atoms with van der Waals surface area (Å²) in [4.78, 5) is 0. The number of unbranched alkanes of at least 4 members (excludes halogenated alkanes) is 1. The summed E-state index contributed by atoms with van der Waals surface area (Å²) in [5.74, 6) is 0.843. The predicted molar refractivity (Wildman–Crippen MR) is 62.6 cm³/mol. The fourth-order valence-corrected chi connectivity index (χ4v) is 1.68. The average Bonchev–Trinajstić information content (AvgIpc) is 2.12. The van der Waals surface area contributed by atoms with Crippen molar-refractivity contribution in [2.24, 2.45) is 5.92 Å². The molecule has 0 amide bonds. The second-order valence-electron chi connectivity index (χ2n) is 4.39. The van der Waals surface area contributed by atoms with E-state index in [1.807, 2.05) is 0 Å². The highest BCUT2D eigenvalue weighted by Gasteiger charge is 2.05. The van der Waals surface area contributed by atoms with E-state index in [-0.39, 0.29) is 0 Å². The molecule has 1 atom stereocenters. The van der Waals surface area contributed by atoms with Gasteiger partial charge < -0.3 is 10.1 Å². The Morgan fingerprint density at radius 3 is 2.29 bits per heavy atom. The van der Waals surface area contributed by atoms with E-state index in [0.29, 0.717) is 6.04 Å². The number of likely N-dealkylation sites (N-methyl/N-ethyl adjacent to an activating group) is 1. The molecule has 14 heavy (non-hydrogen) atoms. The molecule has 0 aromatic rings. The average molecular weight is 201 g/mol. The number of ether oxygens (including phenoxy) is 1. The lowest BCUT2D eigenvalue weighted by molar-refractivity contribution is 0.162.